The van der Waals surface area contributed by atoms with E-state index in [1.165, 1.54) is 0 Å². The van der Waals surface area contributed by atoms with E-state index in [0.717, 1.165) is 5.70 Å². The maximum absolute atomic E-state index is 5.00. The smallest absolute Gasteiger partial charge is 0.184 e. The van der Waals surface area contributed by atoms with Crippen LogP contribution < -0.4 is 0 Å². The van der Waals surface area contributed by atoms with E-state index in [0.29, 0.717) is 11.8 Å². The molecule has 0 aromatic carbocycles. The molecule has 0 unspecified atom stereocenters. The first-order valence-corrected chi connectivity index (χ1v) is 4.54. The molecule has 0 bridgehead atoms. The van der Waals surface area contributed by atoms with E-state index in [4.69, 9.17) is 4.74 Å². The summed E-state index contributed by atoms with van der Waals surface area (Å²) in [5.41, 5.74) is 1.04. The number of methoxy groups -OCH3 is 1. The third-order valence-electron chi connectivity index (χ3n) is 1.63. The standard InChI is InChI=1S/C11H19NO/c1-6-7-8-11(9(2)3)12-10(4)13-5/h6-9H,1-5H3/b7-6-,11-8-,12-10?. The Balaban J connectivity index is 4.62. The molecule has 74 valence electrons. The lowest BCUT2D eigenvalue weighted by atomic mass is 10.1. The SMILES string of the molecule is C/C=C\C=C(/N=C(C)OC)C(C)C. The average molecular weight is 181 g/mol. The van der Waals surface area contributed by atoms with Crippen molar-refractivity contribution in [2.45, 2.75) is 27.7 Å². The molecule has 0 heterocycles. The Morgan fingerprint density at radius 2 is 2.00 bits per heavy atom. The lowest BCUT2D eigenvalue weighted by Crippen LogP contribution is -1.98. The summed E-state index contributed by atoms with van der Waals surface area (Å²) in [5, 5.41) is 0. The van der Waals surface area contributed by atoms with Gasteiger partial charge in [0.15, 0.2) is 5.90 Å². The van der Waals surface area contributed by atoms with Crippen molar-refractivity contribution in [2.24, 2.45) is 10.9 Å². The highest BCUT2D eigenvalue weighted by Gasteiger charge is 2.00. The minimum Gasteiger partial charge on any atom is -0.484 e. The van der Waals surface area contributed by atoms with Crippen LogP contribution in [0.25, 0.3) is 0 Å². The van der Waals surface area contributed by atoms with Gasteiger partial charge >= 0.3 is 0 Å². The van der Waals surface area contributed by atoms with Crippen LogP contribution in [0.4, 0.5) is 0 Å². The highest BCUT2D eigenvalue weighted by Crippen LogP contribution is 2.11. The molecule has 0 aliphatic rings. The summed E-state index contributed by atoms with van der Waals surface area (Å²) in [4.78, 5) is 4.34. The second-order valence-corrected chi connectivity index (χ2v) is 3.11. The van der Waals surface area contributed by atoms with E-state index in [9.17, 15) is 0 Å². The van der Waals surface area contributed by atoms with Crippen molar-refractivity contribution in [1.82, 2.24) is 0 Å². The highest BCUT2D eigenvalue weighted by atomic mass is 16.5. The maximum atomic E-state index is 5.00. The summed E-state index contributed by atoms with van der Waals surface area (Å²) in [6.45, 7) is 8.07. The molecule has 0 aliphatic heterocycles. The van der Waals surface area contributed by atoms with E-state index in [1.807, 2.05) is 32.1 Å². The summed E-state index contributed by atoms with van der Waals surface area (Å²) in [7, 11) is 1.63. The van der Waals surface area contributed by atoms with E-state index >= 15 is 0 Å². The van der Waals surface area contributed by atoms with Gasteiger partial charge in [0.05, 0.1) is 7.11 Å². The number of hydrogen-bond donors (Lipinski definition) is 0. The first-order valence-electron chi connectivity index (χ1n) is 4.54. The number of nitrogens with zero attached hydrogens (tertiary/aromatic N) is 1. The van der Waals surface area contributed by atoms with Crippen molar-refractivity contribution in [3.05, 3.63) is 23.9 Å². The fraction of sp³-hybridized carbons (Fsp3) is 0.545. The molecule has 0 N–H and O–H groups in total. The highest BCUT2D eigenvalue weighted by molar-refractivity contribution is 5.74. The molecule has 0 aromatic heterocycles. The number of ether oxygens (including phenoxy) is 1. The van der Waals surface area contributed by atoms with E-state index < -0.39 is 0 Å². The van der Waals surface area contributed by atoms with Gasteiger partial charge < -0.3 is 4.74 Å². The molecule has 0 rings (SSSR count). The van der Waals surface area contributed by atoms with E-state index in [1.54, 1.807) is 7.11 Å². The third-order valence-corrected chi connectivity index (χ3v) is 1.63. The van der Waals surface area contributed by atoms with Crippen LogP contribution in [-0.4, -0.2) is 13.0 Å². The first kappa shape index (κ1) is 11.9. The fourth-order valence-electron chi connectivity index (χ4n) is 0.781. The van der Waals surface area contributed by atoms with Crippen molar-refractivity contribution in [2.75, 3.05) is 7.11 Å². The van der Waals surface area contributed by atoms with Crippen LogP contribution in [-0.2, 0) is 4.74 Å². The number of aliphatic imine (C=N–C) groups is 1. The van der Waals surface area contributed by atoms with E-state index in [2.05, 4.69) is 18.8 Å². The van der Waals surface area contributed by atoms with Gasteiger partial charge in [0.2, 0.25) is 0 Å². The summed E-state index contributed by atoms with van der Waals surface area (Å²) < 4.78 is 5.00. The molecule has 2 nitrogen and oxygen atoms in total. The van der Waals surface area contributed by atoms with Crippen LogP contribution in [0, 0.1) is 5.92 Å². The summed E-state index contributed by atoms with van der Waals surface area (Å²) in [5.74, 6) is 1.12. The minimum atomic E-state index is 0.418. The van der Waals surface area contributed by atoms with Crippen LogP contribution >= 0.6 is 0 Å². The van der Waals surface area contributed by atoms with Crippen molar-refractivity contribution in [1.29, 1.82) is 0 Å². The van der Waals surface area contributed by atoms with Crippen LogP contribution in [0.2, 0.25) is 0 Å². The Morgan fingerprint density at radius 1 is 1.38 bits per heavy atom. The number of rotatable bonds is 3. The van der Waals surface area contributed by atoms with E-state index in [-0.39, 0.29) is 0 Å². The molecule has 0 amide bonds. The molecule has 0 aliphatic carbocycles. The van der Waals surface area contributed by atoms with Crippen LogP contribution in [0.5, 0.6) is 0 Å². The topological polar surface area (TPSA) is 21.6 Å². The van der Waals surface area contributed by atoms with Gasteiger partial charge in [-0.3, -0.25) is 0 Å². The van der Waals surface area contributed by atoms with Crippen LogP contribution in [0.15, 0.2) is 28.9 Å². The second-order valence-electron chi connectivity index (χ2n) is 3.11. The van der Waals surface area contributed by atoms with Gasteiger partial charge in [0.1, 0.15) is 0 Å². The summed E-state index contributed by atoms with van der Waals surface area (Å²) >= 11 is 0. The van der Waals surface area contributed by atoms with Crippen molar-refractivity contribution < 1.29 is 4.74 Å². The van der Waals surface area contributed by atoms with Gasteiger partial charge in [-0.1, -0.05) is 26.0 Å². The predicted molar refractivity (Wildman–Crippen MR) is 57.9 cm³/mol. The zero-order valence-corrected chi connectivity index (χ0v) is 9.16. The normalized spacial score (nSPS) is 14.3. The molecule has 13 heavy (non-hydrogen) atoms. The molecule has 0 fully saturated rings. The zero-order chi connectivity index (χ0) is 10.3. The Morgan fingerprint density at radius 3 is 2.38 bits per heavy atom. The Bertz CT molecular complexity index is 224. The molecule has 0 radical (unpaired) electrons. The lowest BCUT2D eigenvalue weighted by Gasteiger charge is -2.06. The lowest BCUT2D eigenvalue weighted by molar-refractivity contribution is 0.398. The van der Waals surface area contributed by atoms with Gasteiger partial charge in [-0.2, -0.15) is 0 Å². The molecule has 0 aromatic rings. The molecular formula is C11H19NO. The molecule has 2 heteroatoms. The minimum absolute atomic E-state index is 0.418. The quantitative estimate of drug-likeness (QED) is 0.372. The van der Waals surface area contributed by atoms with Crippen molar-refractivity contribution in [3.63, 3.8) is 0 Å². The summed E-state index contributed by atoms with van der Waals surface area (Å²) in [6, 6.07) is 0. The van der Waals surface area contributed by atoms with Gasteiger partial charge in [-0.05, 0) is 18.9 Å². The maximum Gasteiger partial charge on any atom is 0.184 e. The van der Waals surface area contributed by atoms with Gasteiger partial charge in [0, 0.05) is 12.6 Å². The van der Waals surface area contributed by atoms with Gasteiger partial charge in [0.25, 0.3) is 0 Å². The molecule has 0 spiro atoms. The average Bonchev–Trinajstić information content (AvgIpc) is 2.11. The number of allylic oxidation sites excluding steroid dienone is 4. The zero-order valence-electron chi connectivity index (χ0n) is 9.16. The number of hydrogen-bond acceptors (Lipinski definition) is 2. The molecule has 0 saturated carbocycles. The van der Waals surface area contributed by atoms with Gasteiger partial charge in [-0.25, -0.2) is 4.99 Å². The molecule has 0 saturated heterocycles. The monoisotopic (exact) mass is 181 g/mol. The molecular weight excluding hydrogens is 162 g/mol. The largest absolute Gasteiger partial charge is 0.484 e. The fourth-order valence-corrected chi connectivity index (χ4v) is 0.781. The predicted octanol–water partition coefficient (Wildman–Crippen LogP) is 3.17. The third kappa shape index (κ3) is 5.23. The molecule has 0 atom stereocenters. The van der Waals surface area contributed by atoms with Crippen molar-refractivity contribution >= 4 is 5.90 Å². The first-order chi connectivity index (χ1) is 6.11. The van der Waals surface area contributed by atoms with Crippen LogP contribution in [0.1, 0.15) is 27.7 Å². The Kier molecular flexibility index (Phi) is 5.94. The Hall–Kier alpha value is -1.05. The van der Waals surface area contributed by atoms with Gasteiger partial charge in [-0.15, -0.1) is 0 Å². The van der Waals surface area contributed by atoms with Crippen LogP contribution in [0.3, 0.4) is 0 Å². The second kappa shape index (κ2) is 6.46. The van der Waals surface area contributed by atoms with Crippen molar-refractivity contribution in [3.8, 4) is 0 Å². The Labute approximate surface area is 81.0 Å². The summed E-state index contributed by atoms with van der Waals surface area (Å²) in [6.07, 6.45) is 5.98.